The van der Waals surface area contributed by atoms with Gasteiger partial charge in [-0.25, -0.2) is 4.98 Å². The van der Waals surface area contributed by atoms with Gasteiger partial charge in [0, 0.05) is 30.5 Å². The summed E-state index contributed by atoms with van der Waals surface area (Å²) in [5.74, 6) is -0.0733. The Kier molecular flexibility index (Phi) is 6.10. The first-order chi connectivity index (χ1) is 10.6. The van der Waals surface area contributed by atoms with Crippen LogP contribution in [0.15, 0.2) is 29.6 Å². The Balaban J connectivity index is 1.85. The minimum Gasteiger partial charge on any atom is -0.369 e. The summed E-state index contributed by atoms with van der Waals surface area (Å²) in [5.41, 5.74) is 3.38. The molecule has 0 aliphatic carbocycles. The van der Waals surface area contributed by atoms with Gasteiger partial charge in [-0.1, -0.05) is 29.8 Å². The van der Waals surface area contributed by atoms with Crippen LogP contribution in [0.25, 0.3) is 10.6 Å². The predicted molar refractivity (Wildman–Crippen MR) is 90.1 cm³/mol. The summed E-state index contributed by atoms with van der Waals surface area (Å²) in [6.45, 7) is 6.83. The molecule has 0 saturated carbocycles. The molecule has 2 rings (SSSR count). The molecule has 118 valence electrons. The minimum absolute atomic E-state index is 0.0733. The fraction of sp³-hybridized carbons (Fsp3) is 0.412. The van der Waals surface area contributed by atoms with E-state index in [1.165, 1.54) is 5.56 Å². The van der Waals surface area contributed by atoms with Crippen LogP contribution in [0.3, 0.4) is 0 Å². The number of aromatic nitrogens is 1. The van der Waals surface area contributed by atoms with E-state index in [-0.39, 0.29) is 5.91 Å². The van der Waals surface area contributed by atoms with Gasteiger partial charge in [0.05, 0.1) is 5.69 Å². The topological polar surface area (TPSA) is 51.2 Å². The van der Waals surface area contributed by atoms with Crippen LogP contribution in [0, 0.1) is 6.92 Å². The number of ether oxygens (including phenoxy) is 1. The highest BCUT2D eigenvalue weighted by Gasteiger charge is 2.12. The third-order valence-corrected chi connectivity index (χ3v) is 4.26. The second-order valence-corrected chi connectivity index (χ2v) is 6.01. The summed E-state index contributed by atoms with van der Waals surface area (Å²) < 4.78 is 5.25. The molecular formula is C17H22N2O2S. The zero-order chi connectivity index (χ0) is 15.9. The number of nitrogens with zero attached hydrogens (tertiary/aromatic N) is 1. The second-order valence-electron chi connectivity index (χ2n) is 5.15. The molecule has 0 spiro atoms. The van der Waals surface area contributed by atoms with E-state index in [1.807, 2.05) is 12.3 Å². The molecule has 1 N–H and O–H groups in total. The van der Waals surface area contributed by atoms with E-state index >= 15 is 0 Å². The van der Waals surface area contributed by atoms with E-state index in [2.05, 4.69) is 41.5 Å². The Bertz CT molecular complexity index is 607. The molecule has 1 heterocycles. The maximum Gasteiger partial charge on any atom is 0.248 e. The average molecular weight is 318 g/mol. The van der Waals surface area contributed by atoms with Crippen LogP contribution in [0.2, 0.25) is 0 Å². The number of rotatable bonds is 7. The molecule has 22 heavy (non-hydrogen) atoms. The van der Waals surface area contributed by atoms with E-state index in [0.717, 1.165) is 22.7 Å². The fourth-order valence-corrected chi connectivity index (χ4v) is 2.89. The van der Waals surface area contributed by atoms with Crippen molar-refractivity contribution < 1.29 is 9.53 Å². The van der Waals surface area contributed by atoms with Gasteiger partial charge in [-0.3, -0.25) is 4.79 Å². The highest BCUT2D eigenvalue weighted by atomic mass is 32.1. The molecule has 0 radical (unpaired) electrons. The van der Waals surface area contributed by atoms with Crippen LogP contribution in [0.4, 0.5) is 0 Å². The van der Waals surface area contributed by atoms with Gasteiger partial charge in [0.15, 0.2) is 0 Å². The molecule has 0 fully saturated rings. The largest absolute Gasteiger partial charge is 0.369 e. The van der Waals surface area contributed by atoms with Crippen LogP contribution in [-0.4, -0.2) is 30.1 Å². The molecule has 1 amide bonds. The molecule has 5 heteroatoms. The predicted octanol–water partition coefficient (Wildman–Crippen LogP) is 3.20. The zero-order valence-electron chi connectivity index (χ0n) is 13.3. The van der Waals surface area contributed by atoms with Gasteiger partial charge >= 0.3 is 0 Å². The lowest BCUT2D eigenvalue weighted by Gasteiger charge is -2.11. The first kappa shape index (κ1) is 16.6. The highest BCUT2D eigenvalue weighted by Crippen LogP contribution is 2.24. The van der Waals surface area contributed by atoms with E-state index in [0.29, 0.717) is 13.2 Å². The lowest BCUT2D eigenvalue weighted by atomic mass is 10.2. The summed E-state index contributed by atoms with van der Waals surface area (Å²) >= 11 is 1.63. The maximum absolute atomic E-state index is 11.7. The van der Waals surface area contributed by atoms with Crippen LogP contribution in [0.1, 0.15) is 25.1 Å². The molecule has 1 atom stereocenters. The van der Waals surface area contributed by atoms with Gasteiger partial charge in [-0.15, -0.1) is 11.3 Å². The summed E-state index contributed by atoms with van der Waals surface area (Å²) in [7, 11) is 0. The molecule has 0 saturated heterocycles. The van der Waals surface area contributed by atoms with E-state index in [9.17, 15) is 4.79 Å². The van der Waals surface area contributed by atoms with Crippen molar-refractivity contribution in [1.82, 2.24) is 10.3 Å². The standard InChI is InChI=1S/C17H22N2O2S/c1-4-21-13(3)16(20)18-10-9-15-11-22-17(19-15)14-7-5-12(2)6-8-14/h5-8,11,13H,4,9-10H2,1-3H3,(H,18,20). The Hall–Kier alpha value is -1.72. The number of nitrogens with one attached hydrogen (secondary N) is 1. The number of hydrogen-bond donors (Lipinski definition) is 1. The van der Waals surface area contributed by atoms with Gasteiger partial charge in [0.25, 0.3) is 0 Å². The quantitative estimate of drug-likeness (QED) is 0.853. The van der Waals surface area contributed by atoms with E-state index in [4.69, 9.17) is 4.74 Å². The molecule has 1 aromatic heterocycles. The number of carbonyl (C=O) groups is 1. The van der Waals surface area contributed by atoms with Crippen molar-refractivity contribution in [3.63, 3.8) is 0 Å². The number of aryl methyl sites for hydroxylation is 1. The van der Waals surface area contributed by atoms with Gasteiger partial charge < -0.3 is 10.1 Å². The Morgan fingerprint density at radius 3 is 2.77 bits per heavy atom. The minimum atomic E-state index is -0.399. The highest BCUT2D eigenvalue weighted by molar-refractivity contribution is 7.13. The van der Waals surface area contributed by atoms with Gasteiger partial charge in [0.1, 0.15) is 11.1 Å². The third kappa shape index (κ3) is 4.64. The van der Waals surface area contributed by atoms with Gasteiger partial charge in [0.2, 0.25) is 5.91 Å². The van der Waals surface area contributed by atoms with Gasteiger partial charge in [-0.05, 0) is 20.8 Å². The van der Waals surface area contributed by atoms with Crippen LogP contribution in [-0.2, 0) is 16.0 Å². The molecule has 0 aliphatic heterocycles. The van der Waals surface area contributed by atoms with Crippen LogP contribution >= 0.6 is 11.3 Å². The molecule has 2 aromatic rings. The average Bonchev–Trinajstić information content (AvgIpc) is 2.97. The first-order valence-electron chi connectivity index (χ1n) is 7.51. The number of carbonyl (C=O) groups excluding carboxylic acids is 1. The van der Waals surface area contributed by atoms with Crippen molar-refractivity contribution in [1.29, 1.82) is 0 Å². The molecule has 4 nitrogen and oxygen atoms in total. The monoisotopic (exact) mass is 318 g/mol. The normalized spacial score (nSPS) is 12.1. The maximum atomic E-state index is 11.7. The smallest absolute Gasteiger partial charge is 0.248 e. The van der Waals surface area contributed by atoms with Crippen molar-refractivity contribution in [2.45, 2.75) is 33.3 Å². The summed E-state index contributed by atoms with van der Waals surface area (Å²) in [4.78, 5) is 16.4. The van der Waals surface area contributed by atoms with Crippen LogP contribution < -0.4 is 5.32 Å². The Labute approximate surface area is 135 Å². The Morgan fingerprint density at radius 2 is 2.09 bits per heavy atom. The number of thiazole rings is 1. The molecule has 1 aromatic carbocycles. The second kappa shape index (κ2) is 8.06. The van der Waals surface area contributed by atoms with Crippen LogP contribution in [0.5, 0.6) is 0 Å². The van der Waals surface area contributed by atoms with Crippen molar-refractivity contribution >= 4 is 17.2 Å². The van der Waals surface area contributed by atoms with Crippen molar-refractivity contribution in [3.05, 3.63) is 40.9 Å². The number of benzene rings is 1. The summed E-state index contributed by atoms with van der Waals surface area (Å²) in [5, 5.41) is 5.94. The van der Waals surface area contributed by atoms with Crippen molar-refractivity contribution in [3.8, 4) is 10.6 Å². The van der Waals surface area contributed by atoms with E-state index < -0.39 is 6.10 Å². The zero-order valence-corrected chi connectivity index (χ0v) is 14.1. The van der Waals surface area contributed by atoms with E-state index in [1.54, 1.807) is 18.3 Å². The van der Waals surface area contributed by atoms with Crippen molar-refractivity contribution in [2.75, 3.05) is 13.2 Å². The summed E-state index contributed by atoms with van der Waals surface area (Å²) in [6.07, 6.45) is 0.330. The molecule has 0 bridgehead atoms. The molecule has 1 unspecified atom stereocenters. The lowest BCUT2D eigenvalue weighted by Crippen LogP contribution is -2.35. The fourth-order valence-electron chi connectivity index (χ4n) is 2.03. The lowest BCUT2D eigenvalue weighted by molar-refractivity contribution is -0.131. The SMILES string of the molecule is CCOC(C)C(=O)NCCc1csc(-c2ccc(C)cc2)n1. The number of amides is 1. The first-order valence-corrected chi connectivity index (χ1v) is 8.39. The molecular weight excluding hydrogens is 296 g/mol. The van der Waals surface area contributed by atoms with Gasteiger partial charge in [-0.2, -0.15) is 0 Å². The Morgan fingerprint density at radius 1 is 1.36 bits per heavy atom. The third-order valence-electron chi connectivity index (χ3n) is 3.32. The summed E-state index contributed by atoms with van der Waals surface area (Å²) in [6, 6.07) is 8.35. The number of hydrogen-bond acceptors (Lipinski definition) is 4. The van der Waals surface area contributed by atoms with Crippen molar-refractivity contribution in [2.24, 2.45) is 0 Å². The molecule has 0 aliphatic rings.